The summed E-state index contributed by atoms with van der Waals surface area (Å²) in [4.78, 5) is 0. The van der Waals surface area contributed by atoms with Crippen LogP contribution in [-0.2, 0) is 12.0 Å². The molecule has 1 rings (SSSR count). The minimum atomic E-state index is 0.161. The Morgan fingerprint density at radius 3 is 2.33 bits per heavy atom. The first-order valence-corrected chi connectivity index (χ1v) is 5.85. The van der Waals surface area contributed by atoms with Crippen molar-refractivity contribution in [2.24, 2.45) is 5.92 Å². The molecule has 1 aromatic heterocycles. The highest BCUT2D eigenvalue weighted by Gasteiger charge is 2.18. The van der Waals surface area contributed by atoms with Crippen molar-refractivity contribution >= 4 is 0 Å². The zero-order valence-corrected chi connectivity index (χ0v) is 11.0. The number of aryl methyl sites for hydroxylation is 2. The number of hydrogen-bond donors (Lipinski definition) is 0. The van der Waals surface area contributed by atoms with Crippen LogP contribution in [0.15, 0.2) is 6.07 Å². The summed E-state index contributed by atoms with van der Waals surface area (Å²) in [6.45, 7) is 14.3. The molecule has 0 unspecified atom stereocenters. The first-order valence-electron chi connectivity index (χ1n) is 5.85. The third-order valence-corrected chi connectivity index (χ3v) is 2.67. The number of rotatable bonds is 3. The van der Waals surface area contributed by atoms with E-state index in [1.165, 1.54) is 17.8 Å². The van der Waals surface area contributed by atoms with E-state index in [0.717, 1.165) is 12.5 Å². The van der Waals surface area contributed by atoms with Crippen LogP contribution in [0.1, 0.15) is 52.4 Å². The number of nitrogens with zero attached hydrogens (tertiary/aromatic N) is 2. The lowest BCUT2D eigenvalue weighted by Crippen LogP contribution is -2.13. The van der Waals surface area contributed by atoms with Crippen LogP contribution >= 0.6 is 0 Å². The molecule has 1 aromatic rings. The Morgan fingerprint density at radius 1 is 1.33 bits per heavy atom. The summed E-state index contributed by atoms with van der Waals surface area (Å²) in [6, 6.07) is 2.21. The lowest BCUT2D eigenvalue weighted by atomic mass is 9.92. The molecule has 0 amide bonds. The first-order chi connectivity index (χ1) is 6.80. The highest BCUT2D eigenvalue weighted by molar-refractivity contribution is 5.16. The minimum Gasteiger partial charge on any atom is -0.270 e. The summed E-state index contributed by atoms with van der Waals surface area (Å²) in [5, 5.41) is 4.67. The molecule has 0 bridgehead atoms. The second-order valence-corrected chi connectivity index (χ2v) is 5.83. The molecule has 0 spiro atoms. The monoisotopic (exact) mass is 208 g/mol. The maximum atomic E-state index is 4.67. The zero-order chi connectivity index (χ0) is 11.6. The SMILES string of the molecule is Cc1cc(C(C)(C)C)nn1CCC(C)C. The lowest BCUT2D eigenvalue weighted by Gasteiger charge is -2.14. The van der Waals surface area contributed by atoms with Crippen molar-refractivity contribution in [3.05, 3.63) is 17.5 Å². The number of aromatic nitrogens is 2. The molecule has 15 heavy (non-hydrogen) atoms. The van der Waals surface area contributed by atoms with Gasteiger partial charge in [-0.1, -0.05) is 34.6 Å². The maximum absolute atomic E-state index is 4.67. The van der Waals surface area contributed by atoms with E-state index in [9.17, 15) is 0 Å². The second-order valence-electron chi connectivity index (χ2n) is 5.83. The second kappa shape index (κ2) is 4.38. The molecule has 0 saturated carbocycles. The molecule has 0 atom stereocenters. The Kier molecular flexibility index (Phi) is 3.58. The highest BCUT2D eigenvalue weighted by atomic mass is 15.3. The van der Waals surface area contributed by atoms with E-state index in [2.05, 4.69) is 57.4 Å². The van der Waals surface area contributed by atoms with E-state index in [0.29, 0.717) is 0 Å². The summed E-state index contributed by atoms with van der Waals surface area (Å²) >= 11 is 0. The smallest absolute Gasteiger partial charge is 0.0680 e. The number of hydrogen-bond acceptors (Lipinski definition) is 1. The molecule has 0 aliphatic heterocycles. The van der Waals surface area contributed by atoms with Gasteiger partial charge in [-0.05, 0) is 25.3 Å². The average Bonchev–Trinajstić information content (AvgIpc) is 2.42. The predicted octanol–water partition coefficient (Wildman–Crippen LogP) is 3.54. The quantitative estimate of drug-likeness (QED) is 0.743. The van der Waals surface area contributed by atoms with Gasteiger partial charge in [-0.15, -0.1) is 0 Å². The fraction of sp³-hybridized carbons (Fsp3) is 0.769. The fourth-order valence-corrected chi connectivity index (χ4v) is 1.48. The predicted molar refractivity (Wildman–Crippen MR) is 65.1 cm³/mol. The summed E-state index contributed by atoms with van der Waals surface area (Å²) in [5.74, 6) is 0.742. The van der Waals surface area contributed by atoms with Crippen LogP contribution in [0.3, 0.4) is 0 Å². The molecule has 1 heterocycles. The van der Waals surface area contributed by atoms with Crippen molar-refractivity contribution in [2.75, 3.05) is 0 Å². The Bertz CT molecular complexity index is 316. The summed E-state index contributed by atoms with van der Waals surface area (Å²) in [7, 11) is 0. The Hall–Kier alpha value is -0.790. The van der Waals surface area contributed by atoms with Crippen molar-refractivity contribution in [1.82, 2.24) is 9.78 Å². The van der Waals surface area contributed by atoms with Crippen molar-refractivity contribution < 1.29 is 0 Å². The maximum Gasteiger partial charge on any atom is 0.0680 e. The summed E-state index contributed by atoms with van der Waals surface area (Å²) in [6.07, 6.45) is 1.20. The Labute approximate surface area is 93.7 Å². The van der Waals surface area contributed by atoms with E-state index < -0.39 is 0 Å². The van der Waals surface area contributed by atoms with Gasteiger partial charge in [-0.2, -0.15) is 5.10 Å². The lowest BCUT2D eigenvalue weighted by molar-refractivity contribution is 0.466. The third kappa shape index (κ3) is 3.37. The zero-order valence-electron chi connectivity index (χ0n) is 11.0. The first kappa shape index (κ1) is 12.3. The van der Waals surface area contributed by atoms with E-state index in [1.54, 1.807) is 0 Å². The van der Waals surface area contributed by atoms with Gasteiger partial charge in [0.2, 0.25) is 0 Å². The van der Waals surface area contributed by atoms with E-state index in [-0.39, 0.29) is 5.41 Å². The average molecular weight is 208 g/mol. The highest BCUT2D eigenvalue weighted by Crippen LogP contribution is 2.21. The Morgan fingerprint density at radius 2 is 1.93 bits per heavy atom. The molecule has 0 aliphatic rings. The van der Waals surface area contributed by atoms with Gasteiger partial charge < -0.3 is 0 Å². The molecule has 0 N–H and O–H groups in total. The summed E-state index contributed by atoms with van der Waals surface area (Å²) in [5.41, 5.74) is 2.64. The van der Waals surface area contributed by atoms with Crippen LogP contribution in [0.25, 0.3) is 0 Å². The summed E-state index contributed by atoms with van der Waals surface area (Å²) < 4.78 is 2.14. The van der Waals surface area contributed by atoms with Crippen LogP contribution in [0.5, 0.6) is 0 Å². The molecule has 86 valence electrons. The van der Waals surface area contributed by atoms with Crippen molar-refractivity contribution in [3.8, 4) is 0 Å². The van der Waals surface area contributed by atoms with Gasteiger partial charge in [-0.25, -0.2) is 0 Å². The molecular formula is C13H24N2. The van der Waals surface area contributed by atoms with Crippen LogP contribution in [0, 0.1) is 12.8 Å². The van der Waals surface area contributed by atoms with Gasteiger partial charge in [0, 0.05) is 17.7 Å². The topological polar surface area (TPSA) is 17.8 Å². The van der Waals surface area contributed by atoms with Crippen molar-refractivity contribution in [2.45, 2.75) is 59.9 Å². The fourth-order valence-electron chi connectivity index (χ4n) is 1.48. The van der Waals surface area contributed by atoms with E-state index in [4.69, 9.17) is 0 Å². The van der Waals surface area contributed by atoms with Gasteiger partial charge in [0.05, 0.1) is 5.69 Å². The van der Waals surface area contributed by atoms with Crippen LogP contribution in [0.2, 0.25) is 0 Å². The molecular weight excluding hydrogens is 184 g/mol. The van der Waals surface area contributed by atoms with Gasteiger partial charge in [0.1, 0.15) is 0 Å². The van der Waals surface area contributed by atoms with Crippen LogP contribution in [-0.4, -0.2) is 9.78 Å². The normalized spacial score (nSPS) is 12.5. The van der Waals surface area contributed by atoms with E-state index >= 15 is 0 Å². The van der Waals surface area contributed by atoms with Crippen LogP contribution < -0.4 is 0 Å². The molecule has 0 aliphatic carbocycles. The van der Waals surface area contributed by atoms with Gasteiger partial charge in [-0.3, -0.25) is 4.68 Å². The molecule has 0 saturated heterocycles. The van der Waals surface area contributed by atoms with E-state index in [1.807, 2.05) is 0 Å². The molecule has 2 heteroatoms. The molecule has 2 nitrogen and oxygen atoms in total. The standard InChI is InChI=1S/C13H24N2/c1-10(2)7-8-15-11(3)9-12(14-15)13(4,5)6/h9-10H,7-8H2,1-6H3. The molecule has 0 radical (unpaired) electrons. The van der Waals surface area contributed by atoms with Crippen molar-refractivity contribution in [1.29, 1.82) is 0 Å². The Balaban J connectivity index is 2.78. The molecule has 0 fully saturated rings. The van der Waals surface area contributed by atoms with Crippen LogP contribution in [0.4, 0.5) is 0 Å². The van der Waals surface area contributed by atoms with Gasteiger partial charge >= 0.3 is 0 Å². The largest absolute Gasteiger partial charge is 0.270 e. The van der Waals surface area contributed by atoms with Gasteiger partial charge in [0.15, 0.2) is 0 Å². The van der Waals surface area contributed by atoms with Crippen molar-refractivity contribution in [3.63, 3.8) is 0 Å². The molecule has 0 aromatic carbocycles. The minimum absolute atomic E-state index is 0.161. The van der Waals surface area contributed by atoms with Gasteiger partial charge in [0.25, 0.3) is 0 Å². The third-order valence-electron chi connectivity index (χ3n) is 2.67.